The van der Waals surface area contributed by atoms with Crippen LogP contribution in [0.25, 0.3) is 0 Å². The Morgan fingerprint density at radius 1 is 0.833 bits per heavy atom. The van der Waals surface area contributed by atoms with Crippen molar-refractivity contribution in [3.8, 4) is 28.7 Å². The first-order valence-electron chi connectivity index (χ1n) is 11.6. The Morgan fingerprint density at radius 3 is 2.44 bits per heavy atom. The number of hydrogen-bond acceptors (Lipinski definition) is 7. The summed E-state index contributed by atoms with van der Waals surface area (Å²) in [7, 11) is 0. The van der Waals surface area contributed by atoms with Crippen molar-refractivity contribution in [1.82, 2.24) is 5.32 Å². The molecule has 7 rings (SSSR count). The number of para-hydroxylation sites is 1. The highest BCUT2D eigenvalue weighted by molar-refractivity contribution is 6.11. The Kier molecular flexibility index (Phi) is 4.44. The summed E-state index contributed by atoms with van der Waals surface area (Å²) >= 11 is 0. The van der Waals surface area contributed by atoms with Crippen molar-refractivity contribution in [2.45, 2.75) is 5.41 Å². The van der Waals surface area contributed by atoms with Crippen molar-refractivity contribution in [1.29, 1.82) is 0 Å². The molecule has 10 heteroatoms. The van der Waals surface area contributed by atoms with Crippen LogP contribution in [0.2, 0.25) is 0 Å². The predicted molar refractivity (Wildman–Crippen MR) is 127 cm³/mol. The number of carbonyl (C=O) groups excluding carboxylic acids is 2. The van der Waals surface area contributed by atoms with E-state index in [1.165, 1.54) is 0 Å². The summed E-state index contributed by atoms with van der Waals surface area (Å²) in [4.78, 5) is 28.1. The van der Waals surface area contributed by atoms with Gasteiger partial charge >= 0.3 is 6.03 Å². The molecule has 36 heavy (non-hydrogen) atoms. The van der Waals surface area contributed by atoms with Gasteiger partial charge in [0.2, 0.25) is 19.5 Å². The van der Waals surface area contributed by atoms with Gasteiger partial charge in [0.05, 0.1) is 0 Å². The fourth-order valence-electron chi connectivity index (χ4n) is 5.22. The third-order valence-electron chi connectivity index (χ3n) is 6.90. The molecule has 0 saturated carbocycles. The Morgan fingerprint density at radius 2 is 1.58 bits per heavy atom. The summed E-state index contributed by atoms with van der Waals surface area (Å²) in [6, 6.07) is 16.1. The van der Waals surface area contributed by atoms with E-state index in [0.29, 0.717) is 41.0 Å². The number of hydrogen-bond donors (Lipinski definition) is 2. The van der Waals surface area contributed by atoms with Crippen molar-refractivity contribution in [3.63, 3.8) is 0 Å². The van der Waals surface area contributed by atoms with E-state index in [1.807, 2.05) is 30.3 Å². The lowest BCUT2D eigenvalue weighted by molar-refractivity contribution is -0.122. The van der Waals surface area contributed by atoms with E-state index in [2.05, 4.69) is 10.6 Å². The molecule has 1 spiro atoms. The highest BCUT2D eigenvalue weighted by Crippen LogP contribution is 2.54. The second-order valence-electron chi connectivity index (χ2n) is 8.82. The van der Waals surface area contributed by atoms with Crippen LogP contribution in [0.15, 0.2) is 54.6 Å². The summed E-state index contributed by atoms with van der Waals surface area (Å²) in [5.41, 5.74) is 2.05. The van der Waals surface area contributed by atoms with Crippen LogP contribution in [0.1, 0.15) is 11.1 Å². The molecule has 0 aromatic heterocycles. The first-order valence-corrected chi connectivity index (χ1v) is 11.6. The van der Waals surface area contributed by atoms with E-state index in [4.69, 9.17) is 23.7 Å². The predicted octanol–water partition coefficient (Wildman–Crippen LogP) is 2.99. The minimum atomic E-state index is -0.971. The Bertz CT molecular complexity index is 1420. The molecule has 0 bridgehead atoms. The van der Waals surface area contributed by atoms with Crippen LogP contribution < -0.4 is 39.2 Å². The first kappa shape index (κ1) is 20.7. The van der Waals surface area contributed by atoms with Crippen LogP contribution in [0.4, 0.5) is 16.2 Å². The molecule has 3 amide bonds. The van der Waals surface area contributed by atoms with Crippen LogP contribution in [-0.4, -0.2) is 45.2 Å². The van der Waals surface area contributed by atoms with Gasteiger partial charge in [0.25, 0.3) is 0 Å². The molecule has 1 atom stereocenters. The van der Waals surface area contributed by atoms with Crippen LogP contribution in [0, 0.1) is 0 Å². The molecular weight excluding hydrogens is 466 g/mol. The van der Waals surface area contributed by atoms with Gasteiger partial charge in [-0.15, -0.1) is 0 Å². The van der Waals surface area contributed by atoms with Crippen molar-refractivity contribution in [3.05, 3.63) is 65.7 Å². The molecule has 0 saturated heterocycles. The summed E-state index contributed by atoms with van der Waals surface area (Å²) < 4.78 is 27.7. The average Bonchev–Trinajstić information content (AvgIpc) is 3.66. The number of amides is 3. The molecule has 0 aliphatic carbocycles. The SMILES string of the molecule is O=C(NCCN1C(=O)C2(COc3cc4c(cc32)OCO4)c2ccccc21)Nc1ccc2c(c1)OCO2. The summed E-state index contributed by atoms with van der Waals surface area (Å²) in [6.07, 6.45) is 0. The topological polar surface area (TPSA) is 108 Å². The Balaban J connectivity index is 1.09. The van der Waals surface area contributed by atoms with E-state index in [1.54, 1.807) is 29.2 Å². The largest absolute Gasteiger partial charge is 0.491 e. The molecule has 3 aromatic carbocycles. The van der Waals surface area contributed by atoms with Crippen LogP contribution in [0.3, 0.4) is 0 Å². The van der Waals surface area contributed by atoms with Crippen molar-refractivity contribution >= 4 is 23.3 Å². The maximum Gasteiger partial charge on any atom is 0.319 e. The number of carbonyl (C=O) groups is 2. The lowest BCUT2D eigenvalue weighted by Crippen LogP contribution is -2.45. The summed E-state index contributed by atoms with van der Waals surface area (Å²) in [6.45, 7) is 1.04. The Hall–Kier alpha value is -4.60. The number of ether oxygens (including phenoxy) is 5. The van der Waals surface area contributed by atoms with E-state index in [-0.39, 0.29) is 38.7 Å². The number of fused-ring (bicyclic) bond motifs is 6. The molecule has 1 unspecified atom stereocenters. The zero-order chi connectivity index (χ0) is 24.3. The lowest BCUT2D eigenvalue weighted by atomic mass is 9.77. The molecule has 10 nitrogen and oxygen atoms in total. The molecule has 4 heterocycles. The van der Waals surface area contributed by atoms with Gasteiger partial charge in [-0.25, -0.2) is 4.79 Å². The zero-order valence-corrected chi connectivity index (χ0v) is 19.0. The summed E-state index contributed by atoms with van der Waals surface area (Å²) in [5, 5.41) is 5.60. The molecular formula is C26H21N3O7. The molecule has 4 aliphatic heterocycles. The third kappa shape index (κ3) is 2.97. The van der Waals surface area contributed by atoms with E-state index < -0.39 is 5.41 Å². The minimum Gasteiger partial charge on any atom is -0.491 e. The van der Waals surface area contributed by atoms with Crippen molar-refractivity contribution in [2.75, 3.05) is 43.5 Å². The van der Waals surface area contributed by atoms with Crippen molar-refractivity contribution in [2.24, 2.45) is 0 Å². The number of anilines is 2. The fourth-order valence-corrected chi connectivity index (χ4v) is 5.22. The minimum absolute atomic E-state index is 0.0979. The van der Waals surface area contributed by atoms with Gasteiger partial charge in [0.15, 0.2) is 23.0 Å². The van der Waals surface area contributed by atoms with Crippen LogP contribution in [0.5, 0.6) is 28.7 Å². The number of urea groups is 1. The van der Waals surface area contributed by atoms with Crippen molar-refractivity contribution < 1.29 is 33.3 Å². The van der Waals surface area contributed by atoms with E-state index >= 15 is 0 Å². The number of nitrogens with zero attached hydrogens (tertiary/aromatic N) is 1. The fraction of sp³-hybridized carbons (Fsp3) is 0.231. The van der Waals surface area contributed by atoms with Gasteiger partial charge in [-0.1, -0.05) is 18.2 Å². The maximum absolute atomic E-state index is 13.9. The first-order chi connectivity index (χ1) is 17.6. The quantitative estimate of drug-likeness (QED) is 0.583. The van der Waals surface area contributed by atoms with Gasteiger partial charge in [0.1, 0.15) is 17.8 Å². The van der Waals surface area contributed by atoms with Gasteiger partial charge < -0.3 is 39.2 Å². The van der Waals surface area contributed by atoms with Gasteiger partial charge in [-0.05, 0) is 29.8 Å². The normalized spacial score (nSPS) is 19.8. The number of rotatable bonds is 4. The highest BCUT2D eigenvalue weighted by Gasteiger charge is 2.57. The average molecular weight is 487 g/mol. The molecule has 2 N–H and O–H groups in total. The van der Waals surface area contributed by atoms with E-state index in [9.17, 15) is 9.59 Å². The van der Waals surface area contributed by atoms with Crippen LogP contribution >= 0.6 is 0 Å². The van der Waals surface area contributed by atoms with Gasteiger partial charge in [-0.2, -0.15) is 0 Å². The van der Waals surface area contributed by atoms with Gasteiger partial charge in [-0.3, -0.25) is 4.79 Å². The monoisotopic (exact) mass is 487 g/mol. The number of benzene rings is 3. The smallest absolute Gasteiger partial charge is 0.319 e. The number of nitrogens with one attached hydrogen (secondary N) is 2. The van der Waals surface area contributed by atoms with Crippen LogP contribution in [-0.2, 0) is 10.2 Å². The van der Waals surface area contributed by atoms with E-state index in [0.717, 1.165) is 16.8 Å². The van der Waals surface area contributed by atoms with Gasteiger partial charge in [0, 0.05) is 42.2 Å². The second-order valence-corrected chi connectivity index (χ2v) is 8.82. The molecule has 0 fully saturated rings. The molecule has 0 radical (unpaired) electrons. The lowest BCUT2D eigenvalue weighted by Gasteiger charge is -2.23. The standard InChI is InChI=1S/C26H21N3O7/c30-24-26(12-32-20-11-23-22(10-17(20)26)35-14-36-23)16-3-1-2-4-18(16)29(24)8-7-27-25(31)28-15-5-6-19-21(9-15)34-13-33-19/h1-6,9-11H,7-8,12-14H2,(H2,27,28,31). The molecule has 182 valence electrons. The molecule has 3 aromatic rings. The Labute approximate surface area is 205 Å². The zero-order valence-electron chi connectivity index (χ0n) is 19.0. The third-order valence-corrected chi connectivity index (χ3v) is 6.90. The maximum atomic E-state index is 13.9. The summed E-state index contributed by atoms with van der Waals surface area (Å²) in [5.74, 6) is 2.95. The highest BCUT2D eigenvalue weighted by atomic mass is 16.7. The molecule has 4 aliphatic rings. The second kappa shape index (κ2) is 7.70.